The van der Waals surface area contributed by atoms with Gasteiger partial charge in [-0.15, -0.1) is 6.58 Å². The molecule has 1 nitrogen and oxygen atoms in total. The molecular formula is C10H18BrN. The van der Waals surface area contributed by atoms with Crippen LogP contribution in [-0.2, 0) is 0 Å². The van der Waals surface area contributed by atoms with Crippen molar-refractivity contribution in [1.82, 2.24) is 4.90 Å². The molecule has 0 radical (unpaired) electrons. The normalized spacial score (nSPS) is 25.6. The van der Waals surface area contributed by atoms with Crippen molar-refractivity contribution < 1.29 is 0 Å². The molecule has 1 heterocycles. The summed E-state index contributed by atoms with van der Waals surface area (Å²) >= 11 is 3.51. The van der Waals surface area contributed by atoms with Crippen LogP contribution in [0, 0.1) is 0 Å². The van der Waals surface area contributed by atoms with Crippen molar-refractivity contribution in [2.45, 2.75) is 31.7 Å². The molecule has 0 saturated carbocycles. The molecule has 1 unspecified atom stereocenters. The number of halogens is 1. The third kappa shape index (κ3) is 2.91. The molecule has 0 aromatic carbocycles. The second-order valence-corrected chi connectivity index (χ2v) is 4.20. The molecule has 1 aliphatic heterocycles. The first kappa shape index (κ1) is 10.3. The molecular weight excluding hydrogens is 214 g/mol. The fourth-order valence-corrected chi connectivity index (χ4v) is 2.45. The number of hydrogen-bond acceptors (Lipinski definition) is 1. The number of hydrogen-bond donors (Lipinski definition) is 0. The molecule has 12 heavy (non-hydrogen) atoms. The fourth-order valence-electron chi connectivity index (χ4n) is 1.92. The maximum Gasteiger partial charge on any atom is 0.0163 e. The molecule has 0 aromatic rings. The standard InChI is InChI=1S/C10H18BrN/c1-2-8-12-9-4-3-5-10(12)6-7-11/h2,10H,1,3-9H2. The molecule has 1 rings (SSSR count). The third-order valence-electron chi connectivity index (χ3n) is 2.56. The van der Waals surface area contributed by atoms with E-state index in [9.17, 15) is 0 Å². The van der Waals surface area contributed by atoms with Crippen LogP contribution >= 0.6 is 15.9 Å². The maximum atomic E-state index is 3.80. The number of piperidine rings is 1. The largest absolute Gasteiger partial charge is 0.297 e. The SMILES string of the molecule is C=CCN1CCCCC1CCBr. The van der Waals surface area contributed by atoms with E-state index < -0.39 is 0 Å². The van der Waals surface area contributed by atoms with Crippen molar-refractivity contribution in [3.63, 3.8) is 0 Å². The van der Waals surface area contributed by atoms with Crippen molar-refractivity contribution in [3.8, 4) is 0 Å². The summed E-state index contributed by atoms with van der Waals surface area (Å²) in [6.07, 6.45) is 7.46. The van der Waals surface area contributed by atoms with Crippen LogP contribution in [0.4, 0.5) is 0 Å². The van der Waals surface area contributed by atoms with Gasteiger partial charge in [-0.3, -0.25) is 4.90 Å². The first-order chi connectivity index (χ1) is 5.88. The molecule has 1 saturated heterocycles. The predicted molar refractivity (Wildman–Crippen MR) is 57.8 cm³/mol. The fraction of sp³-hybridized carbons (Fsp3) is 0.800. The zero-order valence-corrected chi connectivity index (χ0v) is 9.22. The maximum absolute atomic E-state index is 3.80. The molecule has 0 amide bonds. The minimum absolute atomic E-state index is 0.802. The molecule has 1 aliphatic rings. The van der Waals surface area contributed by atoms with Crippen molar-refractivity contribution in [3.05, 3.63) is 12.7 Å². The van der Waals surface area contributed by atoms with Gasteiger partial charge in [-0.05, 0) is 25.8 Å². The molecule has 0 aromatic heterocycles. The Bertz CT molecular complexity index is 134. The Kier molecular flexibility index (Phi) is 4.93. The molecule has 0 N–H and O–H groups in total. The number of rotatable bonds is 4. The Morgan fingerprint density at radius 3 is 3.00 bits per heavy atom. The van der Waals surface area contributed by atoms with Gasteiger partial charge >= 0.3 is 0 Å². The Morgan fingerprint density at radius 2 is 2.33 bits per heavy atom. The van der Waals surface area contributed by atoms with E-state index in [1.807, 2.05) is 6.08 Å². The van der Waals surface area contributed by atoms with Crippen LogP contribution in [0.3, 0.4) is 0 Å². The average molecular weight is 232 g/mol. The van der Waals surface area contributed by atoms with Gasteiger partial charge in [0.1, 0.15) is 0 Å². The number of likely N-dealkylation sites (tertiary alicyclic amines) is 1. The van der Waals surface area contributed by atoms with Crippen LogP contribution in [0.2, 0.25) is 0 Å². The molecule has 0 bridgehead atoms. The van der Waals surface area contributed by atoms with E-state index in [0.717, 1.165) is 17.9 Å². The van der Waals surface area contributed by atoms with Crippen molar-refractivity contribution in [1.29, 1.82) is 0 Å². The summed E-state index contributed by atoms with van der Waals surface area (Å²) in [5.74, 6) is 0. The highest BCUT2D eigenvalue weighted by Crippen LogP contribution is 2.19. The summed E-state index contributed by atoms with van der Waals surface area (Å²) in [6.45, 7) is 6.13. The van der Waals surface area contributed by atoms with E-state index in [-0.39, 0.29) is 0 Å². The van der Waals surface area contributed by atoms with Crippen LogP contribution in [0.25, 0.3) is 0 Å². The summed E-state index contributed by atoms with van der Waals surface area (Å²) in [6, 6.07) is 0.802. The Balaban J connectivity index is 2.36. The average Bonchev–Trinajstić information content (AvgIpc) is 2.09. The minimum Gasteiger partial charge on any atom is -0.297 e. The smallest absolute Gasteiger partial charge is 0.0163 e. The second kappa shape index (κ2) is 5.76. The lowest BCUT2D eigenvalue weighted by Gasteiger charge is -2.34. The van der Waals surface area contributed by atoms with Gasteiger partial charge in [0.25, 0.3) is 0 Å². The van der Waals surface area contributed by atoms with Gasteiger partial charge in [0, 0.05) is 17.9 Å². The molecule has 70 valence electrons. The van der Waals surface area contributed by atoms with Crippen LogP contribution in [0.5, 0.6) is 0 Å². The second-order valence-electron chi connectivity index (χ2n) is 3.41. The lowest BCUT2D eigenvalue weighted by molar-refractivity contribution is 0.162. The summed E-state index contributed by atoms with van der Waals surface area (Å²) in [5, 5.41) is 1.13. The van der Waals surface area contributed by atoms with Crippen LogP contribution in [-0.4, -0.2) is 29.4 Å². The molecule has 2 heteroatoms. The zero-order chi connectivity index (χ0) is 8.81. The van der Waals surface area contributed by atoms with E-state index in [2.05, 4.69) is 27.4 Å². The molecule has 0 spiro atoms. The molecule has 1 atom stereocenters. The van der Waals surface area contributed by atoms with Crippen LogP contribution in [0.1, 0.15) is 25.7 Å². The highest BCUT2D eigenvalue weighted by Gasteiger charge is 2.19. The van der Waals surface area contributed by atoms with Gasteiger partial charge in [-0.25, -0.2) is 0 Å². The first-order valence-corrected chi connectivity index (χ1v) is 5.91. The minimum atomic E-state index is 0.802. The van der Waals surface area contributed by atoms with E-state index >= 15 is 0 Å². The van der Waals surface area contributed by atoms with Crippen molar-refractivity contribution in [2.75, 3.05) is 18.4 Å². The van der Waals surface area contributed by atoms with Gasteiger partial charge in [0.05, 0.1) is 0 Å². The quantitative estimate of drug-likeness (QED) is 0.532. The molecule has 0 aliphatic carbocycles. The topological polar surface area (TPSA) is 3.24 Å². The summed E-state index contributed by atoms with van der Waals surface area (Å²) in [4.78, 5) is 2.55. The number of alkyl halides is 1. The third-order valence-corrected chi connectivity index (χ3v) is 3.01. The van der Waals surface area contributed by atoms with Crippen LogP contribution < -0.4 is 0 Å². The lowest BCUT2D eigenvalue weighted by atomic mass is 10.0. The summed E-state index contributed by atoms with van der Waals surface area (Å²) in [7, 11) is 0. The Morgan fingerprint density at radius 1 is 1.50 bits per heavy atom. The van der Waals surface area contributed by atoms with E-state index in [1.165, 1.54) is 32.2 Å². The summed E-state index contributed by atoms with van der Waals surface area (Å²) in [5.41, 5.74) is 0. The van der Waals surface area contributed by atoms with Gasteiger partial charge in [0.15, 0.2) is 0 Å². The summed E-state index contributed by atoms with van der Waals surface area (Å²) < 4.78 is 0. The monoisotopic (exact) mass is 231 g/mol. The van der Waals surface area contributed by atoms with Gasteiger partial charge < -0.3 is 0 Å². The van der Waals surface area contributed by atoms with Gasteiger partial charge in [0.2, 0.25) is 0 Å². The van der Waals surface area contributed by atoms with E-state index in [0.29, 0.717) is 0 Å². The first-order valence-electron chi connectivity index (χ1n) is 4.79. The predicted octanol–water partition coefficient (Wildman–Crippen LogP) is 2.81. The van der Waals surface area contributed by atoms with Gasteiger partial charge in [-0.2, -0.15) is 0 Å². The Hall–Kier alpha value is 0.180. The highest BCUT2D eigenvalue weighted by atomic mass is 79.9. The van der Waals surface area contributed by atoms with E-state index in [1.54, 1.807) is 0 Å². The van der Waals surface area contributed by atoms with E-state index in [4.69, 9.17) is 0 Å². The van der Waals surface area contributed by atoms with Crippen molar-refractivity contribution >= 4 is 15.9 Å². The Labute approximate surface area is 84.0 Å². The lowest BCUT2D eigenvalue weighted by Crippen LogP contribution is -2.39. The highest BCUT2D eigenvalue weighted by molar-refractivity contribution is 9.09. The number of nitrogens with zero attached hydrogens (tertiary/aromatic N) is 1. The van der Waals surface area contributed by atoms with Crippen LogP contribution in [0.15, 0.2) is 12.7 Å². The molecule has 1 fully saturated rings. The zero-order valence-electron chi connectivity index (χ0n) is 7.64. The van der Waals surface area contributed by atoms with Gasteiger partial charge in [-0.1, -0.05) is 28.4 Å². The van der Waals surface area contributed by atoms with Crippen molar-refractivity contribution in [2.24, 2.45) is 0 Å².